The standard InChI is InChI=1S/C18H21N5O/c24-16(15-2-9-19-10-3-15)22-11-4-18(5-12-22)6-13-23(14-18)17-20-7-1-8-21-17/h1-3,7-10H,4-6,11-14H2. The first-order valence-electron chi connectivity index (χ1n) is 8.47. The van der Waals surface area contributed by atoms with Gasteiger partial charge in [0.15, 0.2) is 0 Å². The Labute approximate surface area is 141 Å². The Morgan fingerprint density at radius 1 is 0.958 bits per heavy atom. The Morgan fingerprint density at radius 2 is 1.62 bits per heavy atom. The molecule has 4 rings (SSSR count). The molecule has 0 unspecified atom stereocenters. The summed E-state index contributed by atoms with van der Waals surface area (Å²) in [5.74, 6) is 0.943. The SMILES string of the molecule is O=C(c1ccncc1)N1CCC2(CC1)CCN(c1ncccn1)C2. The van der Waals surface area contributed by atoms with Crippen molar-refractivity contribution in [1.82, 2.24) is 19.9 Å². The lowest BCUT2D eigenvalue weighted by Gasteiger charge is -2.39. The van der Waals surface area contributed by atoms with Gasteiger partial charge in [-0.1, -0.05) is 0 Å². The van der Waals surface area contributed by atoms with E-state index >= 15 is 0 Å². The molecular formula is C18H21N5O. The van der Waals surface area contributed by atoms with Gasteiger partial charge in [-0.3, -0.25) is 9.78 Å². The van der Waals surface area contributed by atoms with Crippen LogP contribution in [0, 0.1) is 5.41 Å². The predicted octanol–water partition coefficient (Wildman–Crippen LogP) is 2.00. The predicted molar refractivity (Wildman–Crippen MR) is 90.7 cm³/mol. The molecule has 6 nitrogen and oxygen atoms in total. The average molecular weight is 323 g/mol. The van der Waals surface area contributed by atoms with Gasteiger partial charge < -0.3 is 9.80 Å². The quantitative estimate of drug-likeness (QED) is 0.846. The highest BCUT2D eigenvalue weighted by Gasteiger charge is 2.42. The first kappa shape index (κ1) is 15.1. The van der Waals surface area contributed by atoms with E-state index in [9.17, 15) is 4.79 Å². The van der Waals surface area contributed by atoms with Crippen molar-refractivity contribution in [2.45, 2.75) is 19.3 Å². The molecule has 1 spiro atoms. The second kappa shape index (κ2) is 6.19. The van der Waals surface area contributed by atoms with E-state index < -0.39 is 0 Å². The molecule has 2 aromatic rings. The number of carbonyl (C=O) groups excluding carboxylic acids is 1. The Balaban J connectivity index is 1.39. The number of rotatable bonds is 2. The molecule has 2 fully saturated rings. The van der Waals surface area contributed by atoms with Crippen molar-refractivity contribution >= 4 is 11.9 Å². The van der Waals surface area contributed by atoms with E-state index in [4.69, 9.17) is 0 Å². The number of nitrogens with zero attached hydrogens (tertiary/aromatic N) is 5. The number of aromatic nitrogens is 3. The number of pyridine rings is 1. The van der Waals surface area contributed by atoms with E-state index in [1.165, 1.54) is 0 Å². The summed E-state index contributed by atoms with van der Waals surface area (Å²) in [7, 11) is 0. The van der Waals surface area contributed by atoms with Gasteiger partial charge >= 0.3 is 0 Å². The lowest BCUT2D eigenvalue weighted by molar-refractivity contribution is 0.0610. The second-order valence-electron chi connectivity index (χ2n) is 6.75. The number of hydrogen-bond donors (Lipinski definition) is 0. The maximum absolute atomic E-state index is 12.6. The zero-order valence-corrected chi connectivity index (χ0v) is 13.6. The third-order valence-electron chi connectivity index (χ3n) is 5.31. The molecule has 124 valence electrons. The molecule has 0 aromatic carbocycles. The van der Waals surface area contributed by atoms with Crippen molar-refractivity contribution in [2.75, 3.05) is 31.1 Å². The average Bonchev–Trinajstić information content (AvgIpc) is 3.07. The van der Waals surface area contributed by atoms with Crippen molar-refractivity contribution in [3.05, 3.63) is 48.5 Å². The van der Waals surface area contributed by atoms with Crippen LogP contribution in [0.25, 0.3) is 0 Å². The van der Waals surface area contributed by atoms with Crippen molar-refractivity contribution in [3.8, 4) is 0 Å². The molecule has 0 aliphatic carbocycles. The van der Waals surface area contributed by atoms with Crippen LogP contribution in [0.4, 0.5) is 5.95 Å². The topological polar surface area (TPSA) is 62.2 Å². The monoisotopic (exact) mass is 323 g/mol. The lowest BCUT2D eigenvalue weighted by Crippen LogP contribution is -2.44. The summed E-state index contributed by atoms with van der Waals surface area (Å²) >= 11 is 0. The normalized spacial score (nSPS) is 19.7. The van der Waals surface area contributed by atoms with Gasteiger partial charge in [0.05, 0.1) is 0 Å². The number of carbonyl (C=O) groups is 1. The zero-order valence-electron chi connectivity index (χ0n) is 13.6. The Hall–Kier alpha value is -2.50. The molecule has 2 saturated heterocycles. The molecule has 2 aromatic heterocycles. The van der Waals surface area contributed by atoms with Crippen molar-refractivity contribution in [3.63, 3.8) is 0 Å². The van der Waals surface area contributed by atoms with Crippen LogP contribution in [-0.4, -0.2) is 51.9 Å². The molecule has 1 amide bonds. The van der Waals surface area contributed by atoms with Crippen LogP contribution in [0.15, 0.2) is 43.0 Å². The zero-order chi connectivity index (χ0) is 16.4. The van der Waals surface area contributed by atoms with E-state index in [1.54, 1.807) is 36.9 Å². The van der Waals surface area contributed by atoms with Gasteiger partial charge in [-0.2, -0.15) is 0 Å². The van der Waals surface area contributed by atoms with Crippen LogP contribution >= 0.6 is 0 Å². The first-order valence-corrected chi connectivity index (χ1v) is 8.47. The molecule has 2 aliphatic rings. The van der Waals surface area contributed by atoms with Crippen molar-refractivity contribution < 1.29 is 4.79 Å². The van der Waals surface area contributed by atoms with Crippen LogP contribution in [0.1, 0.15) is 29.6 Å². The Morgan fingerprint density at radius 3 is 2.33 bits per heavy atom. The van der Waals surface area contributed by atoms with Gasteiger partial charge in [-0.15, -0.1) is 0 Å². The van der Waals surface area contributed by atoms with Crippen LogP contribution in [0.2, 0.25) is 0 Å². The number of hydrogen-bond acceptors (Lipinski definition) is 5. The maximum atomic E-state index is 12.6. The van der Waals surface area contributed by atoms with Crippen LogP contribution in [-0.2, 0) is 0 Å². The summed E-state index contributed by atoms with van der Waals surface area (Å²) in [6.07, 6.45) is 10.2. The van der Waals surface area contributed by atoms with Crippen LogP contribution in [0.5, 0.6) is 0 Å². The molecule has 0 bridgehead atoms. The van der Waals surface area contributed by atoms with E-state index in [2.05, 4.69) is 19.9 Å². The lowest BCUT2D eigenvalue weighted by atomic mass is 9.77. The van der Waals surface area contributed by atoms with Gasteiger partial charge in [0.1, 0.15) is 0 Å². The highest BCUT2D eigenvalue weighted by atomic mass is 16.2. The largest absolute Gasteiger partial charge is 0.340 e. The molecule has 4 heterocycles. The molecule has 0 atom stereocenters. The third kappa shape index (κ3) is 2.84. The number of likely N-dealkylation sites (tertiary alicyclic amines) is 1. The fourth-order valence-corrected chi connectivity index (χ4v) is 3.83. The number of amides is 1. The fraction of sp³-hybridized carbons (Fsp3) is 0.444. The smallest absolute Gasteiger partial charge is 0.253 e. The van der Waals surface area contributed by atoms with Gasteiger partial charge in [0, 0.05) is 56.5 Å². The van der Waals surface area contributed by atoms with Gasteiger partial charge in [0.2, 0.25) is 5.95 Å². The second-order valence-corrected chi connectivity index (χ2v) is 6.75. The van der Waals surface area contributed by atoms with Crippen LogP contribution in [0.3, 0.4) is 0 Å². The molecule has 6 heteroatoms. The van der Waals surface area contributed by atoms with Gasteiger partial charge in [-0.05, 0) is 42.9 Å². The summed E-state index contributed by atoms with van der Waals surface area (Å²) in [5.41, 5.74) is 1.03. The van der Waals surface area contributed by atoms with Gasteiger partial charge in [0.25, 0.3) is 5.91 Å². The summed E-state index contributed by atoms with van der Waals surface area (Å²) in [6.45, 7) is 3.64. The molecule has 0 radical (unpaired) electrons. The van der Waals surface area contributed by atoms with Crippen molar-refractivity contribution in [2.24, 2.45) is 5.41 Å². The molecule has 0 saturated carbocycles. The summed E-state index contributed by atoms with van der Waals surface area (Å²) < 4.78 is 0. The van der Waals surface area contributed by atoms with E-state index in [0.29, 0.717) is 5.41 Å². The molecule has 2 aliphatic heterocycles. The summed E-state index contributed by atoms with van der Waals surface area (Å²) in [5, 5.41) is 0. The number of anilines is 1. The minimum absolute atomic E-state index is 0.119. The highest BCUT2D eigenvalue weighted by molar-refractivity contribution is 5.94. The molecular weight excluding hydrogens is 302 g/mol. The molecule has 0 N–H and O–H groups in total. The molecule has 24 heavy (non-hydrogen) atoms. The Bertz CT molecular complexity index is 698. The summed E-state index contributed by atoms with van der Waals surface area (Å²) in [4.78, 5) is 29.5. The fourth-order valence-electron chi connectivity index (χ4n) is 3.83. The van der Waals surface area contributed by atoms with E-state index in [-0.39, 0.29) is 5.91 Å². The minimum atomic E-state index is 0.119. The first-order chi connectivity index (χ1) is 11.8. The Kier molecular flexibility index (Phi) is 3.88. The number of piperidine rings is 1. The van der Waals surface area contributed by atoms with E-state index in [0.717, 1.165) is 57.0 Å². The van der Waals surface area contributed by atoms with Gasteiger partial charge in [-0.25, -0.2) is 9.97 Å². The maximum Gasteiger partial charge on any atom is 0.253 e. The van der Waals surface area contributed by atoms with Crippen LogP contribution < -0.4 is 4.90 Å². The summed E-state index contributed by atoms with van der Waals surface area (Å²) in [6, 6.07) is 5.42. The highest BCUT2D eigenvalue weighted by Crippen LogP contribution is 2.41. The van der Waals surface area contributed by atoms with E-state index in [1.807, 2.05) is 11.0 Å². The minimum Gasteiger partial charge on any atom is -0.340 e. The third-order valence-corrected chi connectivity index (χ3v) is 5.31. The van der Waals surface area contributed by atoms with Crippen molar-refractivity contribution in [1.29, 1.82) is 0 Å².